The smallest absolute Gasteiger partial charge is 0.0220 e. The summed E-state index contributed by atoms with van der Waals surface area (Å²) in [5.74, 6) is 0. The fraction of sp³-hybridized carbons (Fsp3) is 0.571. The predicted molar refractivity (Wildman–Crippen MR) is 78.3 cm³/mol. The van der Waals surface area contributed by atoms with Gasteiger partial charge >= 0.3 is 0 Å². The number of hydrogen-bond acceptors (Lipinski definition) is 2. The molecule has 0 aliphatic heterocycles. The third-order valence-electron chi connectivity index (χ3n) is 2.47. The first-order valence-corrected chi connectivity index (χ1v) is 6.88. The molecule has 17 heavy (non-hydrogen) atoms. The van der Waals surface area contributed by atoms with E-state index in [2.05, 4.69) is 72.5 Å². The van der Waals surface area contributed by atoms with E-state index in [4.69, 9.17) is 0 Å². The van der Waals surface area contributed by atoms with Crippen LogP contribution in [0.25, 0.3) is 0 Å². The van der Waals surface area contributed by atoms with Crippen molar-refractivity contribution in [2.45, 2.75) is 39.8 Å². The molecule has 2 N–H and O–H groups in total. The summed E-state index contributed by atoms with van der Waals surface area (Å²) < 4.78 is 1.18. The molecule has 0 fully saturated rings. The molecule has 0 atom stereocenters. The van der Waals surface area contributed by atoms with Crippen molar-refractivity contribution in [3.8, 4) is 0 Å². The first-order chi connectivity index (χ1) is 7.88. The summed E-state index contributed by atoms with van der Waals surface area (Å²) in [4.78, 5) is 0. The lowest BCUT2D eigenvalue weighted by atomic mass is 10.1. The van der Waals surface area contributed by atoms with Gasteiger partial charge in [-0.15, -0.1) is 0 Å². The quantitative estimate of drug-likeness (QED) is 0.816. The van der Waals surface area contributed by atoms with Crippen LogP contribution in [-0.4, -0.2) is 18.6 Å². The van der Waals surface area contributed by atoms with Crippen molar-refractivity contribution in [1.29, 1.82) is 0 Å². The van der Waals surface area contributed by atoms with Gasteiger partial charge in [0.25, 0.3) is 0 Å². The monoisotopic (exact) mass is 298 g/mol. The molecule has 0 aliphatic carbocycles. The van der Waals surface area contributed by atoms with E-state index in [1.807, 2.05) is 0 Å². The van der Waals surface area contributed by atoms with Crippen LogP contribution in [0.15, 0.2) is 22.7 Å². The molecule has 1 aromatic rings. The lowest BCUT2D eigenvalue weighted by Gasteiger charge is -2.20. The summed E-state index contributed by atoms with van der Waals surface area (Å²) in [6.07, 6.45) is 0. The third kappa shape index (κ3) is 6.20. The van der Waals surface area contributed by atoms with E-state index in [1.165, 1.54) is 15.6 Å². The average Bonchev–Trinajstić information content (AvgIpc) is 2.21. The summed E-state index contributed by atoms with van der Waals surface area (Å²) in [7, 11) is 0. The summed E-state index contributed by atoms with van der Waals surface area (Å²) in [5.41, 5.74) is 2.82. The van der Waals surface area contributed by atoms with Crippen LogP contribution < -0.4 is 10.6 Å². The Morgan fingerprint density at radius 2 is 1.88 bits per heavy atom. The fourth-order valence-corrected chi connectivity index (χ4v) is 1.97. The van der Waals surface area contributed by atoms with Gasteiger partial charge in [0.05, 0.1) is 0 Å². The molecule has 2 nitrogen and oxygen atoms in total. The SMILES string of the molecule is Cc1ccc(Br)c(CNCCNC(C)(C)C)c1. The van der Waals surface area contributed by atoms with E-state index in [1.54, 1.807) is 0 Å². The topological polar surface area (TPSA) is 24.1 Å². The minimum absolute atomic E-state index is 0.200. The van der Waals surface area contributed by atoms with Crippen molar-refractivity contribution >= 4 is 15.9 Å². The molecule has 1 aromatic carbocycles. The molecule has 0 heterocycles. The molecular weight excluding hydrogens is 276 g/mol. The molecule has 0 radical (unpaired) electrons. The second-order valence-electron chi connectivity index (χ2n) is 5.45. The molecule has 0 aromatic heterocycles. The summed E-state index contributed by atoms with van der Waals surface area (Å²) >= 11 is 3.58. The zero-order valence-corrected chi connectivity index (χ0v) is 12.8. The zero-order chi connectivity index (χ0) is 12.9. The van der Waals surface area contributed by atoms with Gasteiger partial charge in [-0.3, -0.25) is 0 Å². The maximum Gasteiger partial charge on any atom is 0.0220 e. The van der Waals surface area contributed by atoms with Crippen molar-refractivity contribution in [1.82, 2.24) is 10.6 Å². The van der Waals surface area contributed by atoms with Gasteiger partial charge in [-0.25, -0.2) is 0 Å². The Morgan fingerprint density at radius 1 is 1.18 bits per heavy atom. The van der Waals surface area contributed by atoms with Crippen molar-refractivity contribution in [3.63, 3.8) is 0 Å². The van der Waals surface area contributed by atoms with Gasteiger partial charge in [0.15, 0.2) is 0 Å². The van der Waals surface area contributed by atoms with Crippen LogP contribution in [0.2, 0.25) is 0 Å². The van der Waals surface area contributed by atoms with Crippen LogP contribution in [0.3, 0.4) is 0 Å². The number of halogens is 1. The van der Waals surface area contributed by atoms with Crippen molar-refractivity contribution in [2.24, 2.45) is 0 Å². The molecule has 0 unspecified atom stereocenters. The van der Waals surface area contributed by atoms with E-state index < -0.39 is 0 Å². The van der Waals surface area contributed by atoms with Gasteiger partial charge in [0.2, 0.25) is 0 Å². The van der Waals surface area contributed by atoms with Crippen LogP contribution >= 0.6 is 15.9 Å². The maximum absolute atomic E-state index is 3.58. The molecule has 0 bridgehead atoms. The Morgan fingerprint density at radius 3 is 2.53 bits per heavy atom. The van der Waals surface area contributed by atoms with Crippen LogP contribution in [0.5, 0.6) is 0 Å². The van der Waals surface area contributed by atoms with Crippen LogP contribution in [0, 0.1) is 6.92 Å². The van der Waals surface area contributed by atoms with Crippen molar-refractivity contribution in [3.05, 3.63) is 33.8 Å². The van der Waals surface area contributed by atoms with Crippen molar-refractivity contribution < 1.29 is 0 Å². The third-order valence-corrected chi connectivity index (χ3v) is 3.25. The van der Waals surface area contributed by atoms with E-state index in [-0.39, 0.29) is 5.54 Å². The molecule has 96 valence electrons. The second-order valence-corrected chi connectivity index (χ2v) is 6.30. The minimum Gasteiger partial charge on any atom is -0.311 e. The van der Waals surface area contributed by atoms with E-state index in [0.29, 0.717) is 0 Å². The first kappa shape index (κ1) is 14.7. The Hall–Kier alpha value is -0.380. The highest BCUT2D eigenvalue weighted by atomic mass is 79.9. The van der Waals surface area contributed by atoms with Gasteiger partial charge in [0.1, 0.15) is 0 Å². The zero-order valence-electron chi connectivity index (χ0n) is 11.2. The number of nitrogens with one attached hydrogen (secondary N) is 2. The largest absolute Gasteiger partial charge is 0.311 e. The van der Waals surface area contributed by atoms with Gasteiger partial charge < -0.3 is 10.6 Å². The van der Waals surface area contributed by atoms with E-state index in [0.717, 1.165) is 19.6 Å². The lowest BCUT2D eigenvalue weighted by molar-refractivity contribution is 0.421. The average molecular weight is 299 g/mol. The second kappa shape index (κ2) is 6.53. The predicted octanol–water partition coefficient (Wildman–Crippen LogP) is 3.24. The molecule has 0 saturated carbocycles. The number of hydrogen-bond donors (Lipinski definition) is 2. The first-order valence-electron chi connectivity index (χ1n) is 6.09. The number of benzene rings is 1. The Balaban J connectivity index is 2.29. The van der Waals surface area contributed by atoms with Gasteiger partial charge in [-0.1, -0.05) is 33.6 Å². The highest BCUT2D eigenvalue weighted by Crippen LogP contribution is 2.17. The maximum atomic E-state index is 3.58. The molecule has 0 amide bonds. The Kier molecular flexibility index (Phi) is 5.63. The standard InChI is InChI=1S/C14H23BrN2/c1-11-5-6-13(15)12(9-11)10-16-7-8-17-14(2,3)4/h5-6,9,16-17H,7-8,10H2,1-4H3. The minimum atomic E-state index is 0.200. The molecule has 1 rings (SSSR count). The molecule has 3 heteroatoms. The van der Waals surface area contributed by atoms with Crippen LogP contribution in [0.1, 0.15) is 31.9 Å². The molecule has 0 spiro atoms. The fourth-order valence-electron chi connectivity index (χ4n) is 1.59. The molecule has 0 saturated heterocycles. The normalized spacial score (nSPS) is 11.8. The highest BCUT2D eigenvalue weighted by Gasteiger charge is 2.07. The van der Waals surface area contributed by atoms with Gasteiger partial charge in [-0.2, -0.15) is 0 Å². The highest BCUT2D eigenvalue weighted by molar-refractivity contribution is 9.10. The van der Waals surface area contributed by atoms with Gasteiger partial charge in [-0.05, 0) is 39.3 Å². The summed E-state index contributed by atoms with van der Waals surface area (Å²) in [6, 6.07) is 6.45. The summed E-state index contributed by atoms with van der Waals surface area (Å²) in [6.45, 7) is 11.6. The Labute approximate surface area is 113 Å². The van der Waals surface area contributed by atoms with Crippen LogP contribution in [-0.2, 0) is 6.54 Å². The number of rotatable bonds is 5. The Bertz CT molecular complexity index is 356. The lowest BCUT2D eigenvalue weighted by Crippen LogP contribution is -2.40. The summed E-state index contributed by atoms with van der Waals surface area (Å²) in [5, 5.41) is 6.91. The van der Waals surface area contributed by atoms with Crippen LogP contribution in [0.4, 0.5) is 0 Å². The van der Waals surface area contributed by atoms with E-state index in [9.17, 15) is 0 Å². The number of aryl methyl sites for hydroxylation is 1. The molecular formula is C14H23BrN2. The van der Waals surface area contributed by atoms with Crippen molar-refractivity contribution in [2.75, 3.05) is 13.1 Å². The van der Waals surface area contributed by atoms with E-state index >= 15 is 0 Å². The van der Waals surface area contributed by atoms with Gasteiger partial charge in [0, 0.05) is 29.6 Å². The molecule has 0 aliphatic rings.